The Hall–Kier alpha value is -4.78. The average molecular weight is 430 g/mol. The highest BCUT2D eigenvalue weighted by Gasteiger charge is 2.15. The fourth-order valence-electron chi connectivity index (χ4n) is 3.95. The largest absolute Gasteiger partial charge is 0.619 e. The summed E-state index contributed by atoms with van der Waals surface area (Å²) in [6.45, 7) is 0. The van der Waals surface area contributed by atoms with E-state index in [0.717, 1.165) is 49.9 Å². The minimum absolute atomic E-state index is 0.724. The predicted octanol–water partition coefficient (Wildman–Crippen LogP) is 4.57. The van der Waals surface area contributed by atoms with Crippen LogP contribution in [0.1, 0.15) is 0 Å². The van der Waals surface area contributed by atoms with Crippen molar-refractivity contribution in [1.29, 1.82) is 0 Å². The molecule has 6 aromatic rings. The Morgan fingerprint density at radius 3 is 2.42 bits per heavy atom. The van der Waals surface area contributed by atoms with Gasteiger partial charge in [0.25, 0.3) is 0 Å². The number of rotatable bonds is 4. The molecular formula is C26H18N6O. The molecule has 7 heteroatoms. The van der Waals surface area contributed by atoms with Crippen LogP contribution in [-0.2, 0) is 0 Å². The van der Waals surface area contributed by atoms with E-state index in [1.807, 2.05) is 77.6 Å². The minimum Gasteiger partial charge on any atom is -0.619 e. The van der Waals surface area contributed by atoms with Crippen LogP contribution in [0.5, 0.6) is 0 Å². The molecule has 0 aliphatic carbocycles. The van der Waals surface area contributed by atoms with E-state index in [1.165, 1.54) is 12.4 Å². The van der Waals surface area contributed by atoms with Gasteiger partial charge in [0, 0.05) is 47.5 Å². The lowest BCUT2D eigenvalue weighted by Crippen LogP contribution is -2.24. The first-order chi connectivity index (χ1) is 16.3. The first kappa shape index (κ1) is 18.9. The molecule has 0 aliphatic heterocycles. The number of nitrogens with zero attached hydrogens (tertiary/aromatic N) is 6. The fourth-order valence-corrected chi connectivity index (χ4v) is 3.95. The van der Waals surface area contributed by atoms with Gasteiger partial charge in [0.05, 0.1) is 5.69 Å². The van der Waals surface area contributed by atoms with Gasteiger partial charge in [-0.1, -0.05) is 6.07 Å². The van der Waals surface area contributed by atoms with Gasteiger partial charge in [-0.25, -0.2) is 9.97 Å². The summed E-state index contributed by atoms with van der Waals surface area (Å²) >= 11 is 0. The van der Waals surface area contributed by atoms with Crippen molar-refractivity contribution < 1.29 is 4.73 Å². The molecule has 0 bridgehead atoms. The SMILES string of the molecule is [O-][n+]1cccc(-n2cc(-c3ccccn3)nc2-c2ccc(-n3ccc4cccnc43)cc2)c1. The van der Waals surface area contributed by atoms with Crippen LogP contribution in [0.3, 0.4) is 0 Å². The molecule has 5 heterocycles. The molecule has 33 heavy (non-hydrogen) atoms. The van der Waals surface area contributed by atoms with Crippen molar-refractivity contribution in [3.05, 3.63) is 115 Å². The molecule has 0 amide bonds. The van der Waals surface area contributed by atoms with Gasteiger partial charge in [0.1, 0.15) is 22.9 Å². The lowest BCUT2D eigenvalue weighted by molar-refractivity contribution is -0.605. The van der Waals surface area contributed by atoms with E-state index in [4.69, 9.17) is 4.98 Å². The second-order valence-corrected chi connectivity index (χ2v) is 7.61. The molecule has 0 unspecified atom stereocenters. The van der Waals surface area contributed by atoms with Crippen LogP contribution in [0.2, 0.25) is 0 Å². The molecule has 7 nitrogen and oxygen atoms in total. The van der Waals surface area contributed by atoms with E-state index >= 15 is 0 Å². The standard InChI is InChI=1S/C26H18N6O/c33-30-15-4-6-22(17-30)32-18-24(23-7-1-2-13-27-23)29-26(32)20-8-10-21(11-9-20)31-16-12-19-5-3-14-28-25(19)31/h1-18H. The minimum atomic E-state index is 0.724. The quantitative estimate of drug-likeness (QED) is 0.303. The fraction of sp³-hybridized carbons (Fsp3) is 0. The molecule has 0 aliphatic rings. The van der Waals surface area contributed by atoms with Gasteiger partial charge < -0.3 is 9.77 Å². The van der Waals surface area contributed by atoms with Gasteiger partial charge in [-0.2, -0.15) is 4.73 Å². The summed E-state index contributed by atoms with van der Waals surface area (Å²) in [5.41, 5.74) is 5.07. The van der Waals surface area contributed by atoms with E-state index in [0.29, 0.717) is 0 Å². The third-order valence-electron chi connectivity index (χ3n) is 5.52. The van der Waals surface area contributed by atoms with Gasteiger partial charge in [0.2, 0.25) is 6.20 Å². The summed E-state index contributed by atoms with van der Waals surface area (Å²) < 4.78 is 4.76. The Balaban J connectivity index is 1.46. The number of benzene rings is 1. The van der Waals surface area contributed by atoms with Gasteiger partial charge in [-0.05, 0) is 60.7 Å². The van der Waals surface area contributed by atoms with Crippen LogP contribution >= 0.6 is 0 Å². The first-order valence-electron chi connectivity index (χ1n) is 10.5. The van der Waals surface area contributed by atoms with Gasteiger partial charge >= 0.3 is 0 Å². The van der Waals surface area contributed by atoms with Crippen molar-refractivity contribution in [2.75, 3.05) is 0 Å². The van der Waals surface area contributed by atoms with Crippen molar-refractivity contribution in [2.45, 2.75) is 0 Å². The highest BCUT2D eigenvalue weighted by Crippen LogP contribution is 2.28. The molecule has 0 saturated carbocycles. The maximum Gasteiger partial charge on any atom is 0.204 e. The van der Waals surface area contributed by atoms with Crippen molar-refractivity contribution in [2.24, 2.45) is 0 Å². The predicted molar refractivity (Wildman–Crippen MR) is 126 cm³/mol. The normalized spacial score (nSPS) is 11.2. The third-order valence-corrected chi connectivity index (χ3v) is 5.52. The van der Waals surface area contributed by atoms with Crippen LogP contribution in [0.25, 0.3) is 45.2 Å². The van der Waals surface area contributed by atoms with Crippen molar-refractivity contribution >= 4 is 11.0 Å². The molecule has 0 fully saturated rings. The first-order valence-corrected chi connectivity index (χ1v) is 10.5. The zero-order chi connectivity index (χ0) is 22.2. The molecule has 0 atom stereocenters. The third kappa shape index (κ3) is 3.41. The molecule has 0 spiro atoms. The molecule has 0 saturated heterocycles. The summed E-state index contributed by atoms with van der Waals surface area (Å²) in [5, 5.41) is 13.0. The summed E-state index contributed by atoms with van der Waals surface area (Å²) in [6.07, 6.45) is 10.5. The van der Waals surface area contributed by atoms with Crippen LogP contribution in [0.15, 0.2) is 110 Å². The number of fused-ring (bicyclic) bond motifs is 1. The van der Waals surface area contributed by atoms with Crippen molar-refractivity contribution in [1.82, 2.24) is 24.1 Å². The van der Waals surface area contributed by atoms with E-state index in [2.05, 4.69) is 20.6 Å². The van der Waals surface area contributed by atoms with Crippen LogP contribution < -0.4 is 4.73 Å². The zero-order valence-electron chi connectivity index (χ0n) is 17.5. The molecule has 5 aromatic heterocycles. The van der Waals surface area contributed by atoms with Gasteiger partial charge in [-0.15, -0.1) is 0 Å². The molecule has 0 radical (unpaired) electrons. The number of aromatic nitrogens is 6. The summed E-state index contributed by atoms with van der Waals surface area (Å²) in [5.74, 6) is 0.726. The lowest BCUT2D eigenvalue weighted by Gasteiger charge is -2.09. The maximum atomic E-state index is 11.9. The number of hydrogen-bond donors (Lipinski definition) is 0. The van der Waals surface area contributed by atoms with E-state index < -0.39 is 0 Å². The van der Waals surface area contributed by atoms with Crippen LogP contribution in [0.4, 0.5) is 0 Å². The number of imidazole rings is 1. The van der Waals surface area contributed by atoms with E-state index in [9.17, 15) is 5.21 Å². The molecule has 1 aromatic carbocycles. The Kier molecular flexibility index (Phi) is 4.43. The highest BCUT2D eigenvalue weighted by atomic mass is 16.5. The maximum absolute atomic E-state index is 11.9. The number of hydrogen-bond acceptors (Lipinski definition) is 4. The van der Waals surface area contributed by atoms with Crippen LogP contribution in [-0.4, -0.2) is 24.1 Å². The summed E-state index contributed by atoms with van der Waals surface area (Å²) in [7, 11) is 0. The molecule has 6 rings (SSSR count). The van der Waals surface area contributed by atoms with Crippen molar-refractivity contribution in [3.8, 4) is 34.2 Å². The lowest BCUT2D eigenvalue weighted by atomic mass is 10.2. The average Bonchev–Trinajstić information content (AvgIpc) is 3.50. The van der Waals surface area contributed by atoms with Crippen LogP contribution in [0, 0.1) is 5.21 Å². The monoisotopic (exact) mass is 430 g/mol. The van der Waals surface area contributed by atoms with Gasteiger partial charge in [-0.3, -0.25) is 9.55 Å². The molecule has 158 valence electrons. The number of pyridine rings is 3. The smallest absolute Gasteiger partial charge is 0.204 e. The second-order valence-electron chi connectivity index (χ2n) is 7.61. The highest BCUT2D eigenvalue weighted by molar-refractivity contribution is 5.78. The zero-order valence-corrected chi connectivity index (χ0v) is 17.5. The van der Waals surface area contributed by atoms with Gasteiger partial charge in [0.15, 0.2) is 6.20 Å². The Morgan fingerprint density at radius 1 is 0.727 bits per heavy atom. The summed E-state index contributed by atoms with van der Waals surface area (Å²) in [6, 6.07) is 23.5. The molecule has 0 N–H and O–H groups in total. The van der Waals surface area contributed by atoms with E-state index in [1.54, 1.807) is 18.5 Å². The Morgan fingerprint density at radius 2 is 1.61 bits per heavy atom. The Bertz CT molecular complexity index is 1570. The summed E-state index contributed by atoms with van der Waals surface area (Å²) in [4.78, 5) is 13.8. The van der Waals surface area contributed by atoms with E-state index in [-0.39, 0.29) is 0 Å². The molecular weight excluding hydrogens is 412 g/mol. The second kappa shape index (κ2) is 7.72. The Labute approximate surface area is 189 Å². The van der Waals surface area contributed by atoms with Crippen molar-refractivity contribution in [3.63, 3.8) is 0 Å². The topological polar surface area (TPSA) is 75.5 Å².